The molecule has 20 heavy (non-hydrogen) atoms. The first-order valence-electron chi connectivity index (χ1n) is 6.64. The summed E-state index contributed by atoms with van der Waals surface area (Å²) in [5, 5.41) is 4.11. The SMILES string of the molecule is Cc1nc(-c2ccccc2)sc1CN=C(N)NC(C)C. The van der Waals surface area contributed by atoms with E-state index in [1.165, 1.54) is 0 Å². The second-order valence-corrected chi connectivity index (χ2v) is 5.98. The first-order chi connectivity index (χ1) is 9.56. The highest BCUT2D eigenvalue weighted by molar-refractivity contribution is 7.15. The number of guanidine groups is 1. The summed E-state index contributed by atoms with van der Waals surface area (Å²) in [6, 6.07) is 10.5. The number of hydrogen-bond acceptors (Lipinski definition) is 3. The van der Waals surface area contributed by atoms with Crippen molar-refractivity contribution in [3.63, 3.8) is 0 Å². The number of benzene rings is 1. The predicted octanol–water partition coefficient (Wildman–Crippen LogP) is 2.93. The molecule has 0 saturated carbocycles. The Morgan fingerprint density at radius 2 is 2.05 bits per heavy atom. The van der Waals surface area contributed by atoms with Crippen molar-refractivity contribution in [2.45, 2.75) is 33.4 Å². The molecule has 0 bridgehead atoms. The minimum absolute atomic E-state index is 0.293. The van der Waals surface area contributed by atoms with E-state index < -0.39 is 0 Å². The molecule has 5 heteroatoms. The third kappa shape index (κ3) is 3.81. The smallest absolute Gasteiger partial charge is 0.189 e. The Kier molecular flexibility index (Phi) is 4.74. The molecule has 0 aliphatic rings. The van der Waals surface area contributed by atoms with Gasteiger partial charge in [0.2, 0.25) is 0 Å². The van der Waals surface area contributed by atoms with Crippen molar-refractivity contribution in [3.8, 4) is 10.6 Å². The van der Waals surface area contributed by atoms with Crippen LogP contribution < -0.4 is 11.1 Å². The third-order valence-electron chi connectivity index (χ3n) is 2.74. The molecule has 1 aromatic heterocycles. The molecule has 0 fully saturated rings. The maximum Gasteiger partial charge on any atom is 0.189 e. The van der Waals surface area contributed by atoms with Gasteiger partial charge in [0.25, 0.3) is 0 Å². The topological polar surface area (TPSA) is 63.3 Å². The minimum atomic E-state index is 0.293. The second-order valence-electron chi connectivity index (χ2n) is 4.89. The number of nitrogens with one attached hydrogen (secondary N) is 1. The summed E-state index contributed by atoms with van der Waals surface area (Å²) in [5.41, 5.74) is 7.98. The summed E-state index contributed by atoms with van der Waals surface area (Å²) < 4.78 is 0. The summed E-state index contributed by atoms with van der Waals surface area (Å²) >= 11 is 1.67. The molecule has 0 aliphatic carbocycles. The minimum Gasteiger partial charge on any atom is -0.370 e. The van der Waals surface area contributed by atoms with Crippen LogP contribution in [0.15, 0.2) is 35.3 Å². The fourth-order valence-corrected chi connectivity index (χ4v) is 2.77. The van der Waals surface area contributed by atoms with E-state index in [4.69, 9.17) is 5.73 Å². The Balaban J connectivity index is 2.13. The van der Waals surface area contributed by atoms with Gasteiger partial charge in [-0.2, -0.15) is 0 Å². The zero-order valence-electron chi connectivity index (χ0n) is 12.1. The van der Waals surface area contributed by atoms with Gasteiger partial charge in [0.05, 0.1) is 12.2 Å². The maximum absolute atomic E-state index is 5.81. The zero-order valence-corrected chi connectivity index (χ0v) is 12.9. The standard InChI is InChI=1S/C15H20N4S/c1-10(2)18-15(16)17-9-13-11(3)19-14(20-13)12-7-5-4-6-8-12/h4-8,10H,9H2,1-3H3,(H3,16,17,18). The zero-order chi connectivity index (χ0) is 14.5. The van der Waals surface area contributed by atoms with Crippen LogP contribution in [0.3, 0.4) is 0 Å². The number of hydrogen-bond donors (Lipinski definition) is 2. The summed E-state index contributed by atoms with van der Waals surface area (Å²) in [4.78, 5) is 10.1. The molecule has 106 valence electrons. The average molecular weight is 288 g/mol. The van der Waals surface area contributed by atoms with Gasteiger partial charge < -0.3 is 11.1 Å². The molecule has 4 nitrogen and oxygen atoms in total. The van der Waals surface area contributed by atoms with Crippen LogP contribution in [-0.4, -0.2) is 17.0 Å². The Morgan fingerprint density at radius 3 is 2.70 bits per heavy atom. The number of nitrogens with zero attached hydrogens (tertiary/aromatic N) is 2. The Labute approximate surface area is 123 Å². The molecule has 2 aromatic rings. The van der Waals surface area contributed by atoms with E-state index >= 15 is 0 Å². The lowest BCUT2D eigenvalue weighted by Gasteiger charge is -2.07. The van der Waals surface area contributed by atoms with Crippen LogP contribution in [0.5, 0.6) is 0 Å². The molecule has 2 rings (SSSR count). The number of aliphatic imine (C=N–C) groups is 1. The molecule has 0 unspecified atom stereocenters. The number of aryl methyl sites for hydroxylation is 1. The van der Waals surface area contributed by atoms with Gasteiger partial charge in [0.1, 0.15) is 5.01 Å². The summed E-state index contributed by atoms with van der Waals surface area (Å²) in [6.45, 7) is 6.66. The molecular formula is C15H20N4S. The van der Waals surface area contributed by atoms with Crippen molar-refractivity contribution in [2.75, 3.05) is 0 Å². The van der Waals surface area contributed by atoms with Crippen molar-refractivity contribution in [2.24, 2.45) is 10.7 Å². The normalized spacial score (nSPS) is 11.9. The molecule has 1 aromatic carbocycles. The molecule has 0 atom stereocenters. The van der Waals surface area contributed by atoms with Crippen LogP contribution in [0.25, 0.3) is 10.6 Å². The van der Waals surface area contributed by atoms with Gasteiger partial charge >= 0.3 is 0 Å². The Bertz CT molecular complexity index is 587. The number of nitrogens with two attached hydrogens (primary N) is 1. The summed E-state index contributed by atoms with van der Waals surface area (Å²) in [5.74, 6) is 0.481. The van der Waals surface area contributed by atoms with Crippen molar-refractivity contribution in [1.29, 1.82) is 0 Å². The van der Waals surface area contributed by atoms with Crippen molar-refractivity contribution < 1.29 is 0 Å². The lowest BCUT2D eigenvalue weighted by atomic mass is 10.2. The molecule has 0 amide bonds. The fourth-order valence-electron chi connectivity index (χ4n) is 1.78. The van der Waals surface area contributed by atoms with Gasteiger partial charge in [-0.25, -0.2) is 9.98 Å². The van der Waals surface area contributed by atoms with E-state index in [0.29, 0.717) is 18.5 Å². The van der Waals surface area contributed by atoms with Gasteiger partial charge in [0, 0.05) is 16.5 Å². The highest BCUT2D eigenvalue weighted by Gasteiger charge is 2.08. The van der Waals surface area contributed by atoms with Gasteiger partial charge in [0.15, 0.2) is 5.96 Å². The first-order valence-corrected chi connectivity index (χ1v) is 7.46. The van der Waals surface area contributed by atoms with Crippen LogP contribution in [0.2, 0.25) is 0 Å². The average Bonchev–Trinajstić information content (AvgIpc) is 2.78. The van der Waals surface area contributed by atoms with E-state index in [1.54, 1.807) is 11.3 Å². The van der Waals surface area contributed by atoms with Gasteiger partial charge in [-0.3, -0.25) is 0 Å². The molecule has 3 N–H and O–H groups in total. The third-order valence-corrected chi connectivity index (χ3v) is 3.93. The largest absolute Gasteiger partial charge is 0.370 e. The predicted molar refractivity (Wildman–Crippen MR) is 85.9 cm³/mol. The number of aromatic nitrogens is 1. The van der Waals surface area contributed by atoms with E-state index in [0.717, 1.165) is 21.1 Å². The van der Waals surface area contributed by atoms with E-state index in [2.05, 4.69) is 27.4 Å². The van der Waals surface area contributed by atoms with Crippen molar-refractivity contribution >= 4 is 17.3 Å². The second kappa shape index (κ2) is 6.52. The van der Waals surface area contributed by atoms with Gasteiger partial charge in [-0.1, -0.05) is 30.3 Å². The monoisotopic (exact) mass is 288 g/mol. The number of thiazole rings is 1. The van der Waals surface area contributed by atoms with Crippen molar-refractivity contribution in [1.82, 2.24) is 10.3 Å². The highest BCUT2D eigenvalue weighted by atomic mass is 32.1. The maximum atomic E-state index is 5.81. The lowest BCUT2D eigenvalue weighted by Crippen LogP contribution is -2.36. The van der Waals surface area contributed by atoms with Gasteiger partial charge in [-0.15, -0.1) is 11.3 Å². The van der Waals surface area contributed by atoms with Gasteiger partial charge in [-0.05, 0) is 20.8 Å². The molecular weight excluding hydrogens is 268 g/mol. The van der Waals surface area contributed by atoms with E-state index in [1.807, 2.05) is 39.0 Å². The quantitative estimate of drug-likeness (QED) is 0.671. The molecule has 1 heterocycles. The highest BCUT2D eigenvalue weighted by Crippen LogP contribution is 2.28. The molecule has 0 radical (unpaired) electrons. The van der Waals surface area contributed by atoms with E-state index in [9.17, 15) is 0 Å². The fraction of sp³-hybridized carbons (Fsp3) is 0.333. The van der Waals surface area contributed by atoms with Crippen LogP contribution in [0.1, 0.15) is 24.4 Å². The summed E-state index contributed by atoms with van der Waals surface area (Å²) in [7, 11) is 0. The Morgan fingerprint density at radius 1 is 1.35 bits per heavy atom. The van der Waals surface area contributed by atoms with E-state index in [-0.39, 0.29) is 0 Å². The van der Waals surface area contributed by atoms with Crippen LogP contribution in [0, 0.1) is 6.92 Å². The van der Waals surface area contributed by atoms with Crippen molar-refractivity contribution in [3.05, 3.63) is 40.9 Å². The summed E-state index contributed by atoms with van der Waals surface area (Å²) in [6.07, 6.45) is 0. The Hall–Kier alpha value is -1.88. The number of rotatable bonds is 4. The molecule has 0 spiro atoms. The molecule has 0 saturated heterocycles. The first kappa shape index (κ1) is 14.5. The molecule has 0 aliphatic heterocycles. The van der Waals surface area contributed by atoms with Crippen LogP contribution in [0.4, 0.5) is 0 Å². The van der Waals surface area contributed by atoms with Crippen LogP contribution >= 0.6 is 11.3 Å². The lowest BCUT2D eigenvalue weighted by molar-refractivity contribution is 0.724. The van der Waals surface area contributed by atoms with Crippen LogP contribution in [-0.2, 0) is 6.54 Å².